The second-order valence-electron chi connectivity index (χ2n) is 10.6. The number of aliphatic hydroxyl groups is 1. The summed E-state index contributed by atoms with van der Waals surface area (Å²) in [6.07, 6.45) is 0.469. The van der Waals surface area contributed by atoms with Gasteiger partial charge in [-0.15, -0.1) is 0 Å². The summed E-state index contributed by atoms with van der Waals surface area (Å²) in [6, 6.07) is 11.4. The van der Waals surface area contributed by atoms with E-state index in [1.54, 1.807) is 25.1 Å². The highest BCUT2D eigenvalue weighted by Crippen LogP contribution is 2.52. The molecule has 2 aromatic rings. The highest BCUT2D eigenvalue weighted by molar-refractivity contribution is 6.32. The number of aromatic hydroxyl groups is 1. The summed E-state index contributed by atoms with van der Waals surface area (Å²) in [6.45, 7) is 1.87. The maximum absolute atomic E-state index is 14.0. The number of aryl methyl sites for hydroxylation is 1. The fourth-order valence-electron chi connectivity index (χ4n) is 6.49. The first-order valence-electron chi connectivity index (χ1n) is 12.5. The highest BCUT2D eigenvalue weighted by atomic mass is 16.5. The minimum atomic E-state index is -2.65. The molecule has 0 heterocycles. The summed E-state index contributed by atoms with van der Waals surface area (Å²) in [5, 5.41) is 22.3. The van der Waals surface area contributed by atoms with Crippen LogP contribution in [0.15, 0.2) is 53.8 Å². The van der Waals surface area contributed by atoms with Crippen molar-refractivity contribution in [2.45, 2.75) is 38.0 Å². The van der Waals surface area contributed by atoms with Gasteiger partial charge >= 0.3 is 0 Å². The molecule has 9 heteroatoms. The van der Waals surface area contributed by atoms with E-state index in [0.717, 1.165) is 11.1 Å². The number of carbonyl (C=O) groups excluding carboxylic acids is 4. The molecule has 0 aromatic heterocycles. The van der Waals surface area contributed by atoms with Gasteiger partial charge in [0.25, 0.3) is 5.91 Å². The van der Waals surface area contributed by atoms with Crippen LogP contribution in [-0.4, -0.2) is 64.1 Å². The number of carbonyl (C=O) groups is 4. The lowest BCUT2D eigenvalue weighted by Crippen LogP contribution is -2.69. The summed E-state index contributed by atoms with van der Waals surface area (Å²) in [4.78, 5) is 55.6. The molecule has 3 aliphatic carbocycles. The van der Waals surface area contributed by atoms with Gasteiger partial charge < -0.3 is 20.7 Å². The Morgan fingerprint density at radius 2 is 1.82 bits per heavy atom. The van der Waals surface area contributed by atoms with Crippen molar-refractivity contribution in [2.75, 3.05) is 14.1 Å². The number of primary amides is 1. The molecule has 0 spiro atoms. The van der Waals surface area contributed by atoms with Crippen molar-refractivity contribution in [3.05, 3.63) is 76.1 Å². The third kappa shape index (κ3) is 3.68. The Bertz CT molecular complexity index is 1400. The van der Waals surface area contributed by atoms with Crippen LogP contribution in [0.5, 0.6) is 5.75 Å². The van der Waals surface area contributed by atoms with Gasteiger partial charge in [0.15, 0.2) is 17.2 Å². The number of rotatable bonds is 5. The molecule has 0 radical (unpaired) electrons. The van der Waals surface area contributed by atoms with Crippen LogP contribution in [0, 0.1) is 24.7 Å². The molecule has 0 aliphatic heterocycles. The fraction of sp³-hybridized carbons (Fsp3) is 0.379. The van der Waals surface area contributed by atoms with E-state index >= 15 is 0 Å². The largest absolute Gasteiger partial charge is 0.507 e. The van der Waals surface area contributed by atoms with Crippen LogP contribution in [0.1, 0.15) is 33.5 Å². The maximum Gasteiger partial charge on any atom is 0.255 e. The molecule has 1 saturated carbocycles. The Labute approximate surface area is 219 Å². The van der Waals surface area contributed by atoms with Gasteiger partial charge in [-0.3, -0.25) is 24.1 Å². The van der Waals surface area contributed by atoms with Crippen molar-refractivity contribution in [2.24, 2.45) is 23.5 Å². The molecule has 4 N–H and O–H groups in total. The van der Waals surface area contributed by atoms with Crippen LogP contribution in [0.4, 0.5) is 0 Å². The third-order valence-corrected chi connectivity index (χ3v) is 8.25. The van der Waals surface area contributed by atoms with Gasteiger partial charge in [0.2, 0.25) is 5.78 Å². The molecule has 9 nitrogen and oxygen atoms in total. The number of amides is 1. The van der Waals surface area contributed by atoms with E-state index in [1.807, 2.05) is 37.3 Å². The quantitative estimate of drug-likeness (QED) is 0.398. The van der Waals surface area contributed by atoms with Crippen molar-refractivity contribution < 1.29 is 34.1 Å². The average Bonchev–Trinajstić information content (AvgIpc) is 2.87. The van der Waals surface area contributed by atoms with Crippen LogP contribution in [0.2, 0.25) is 0 Å². The molecule has 0 bridgehead atoms. The van der Waals surface area contributed by atoms with E-state index in [-0.39, 0.29) is 30.1 Å². The lowest BCUT2D eigenvalue weighted by molar-refractivity contribution is -0.170. The number of ether oxygens (including phenoxy) is 1. The molecule has 1 fully saturated rings. The second-order valence-corrected chi connectivity index (χ2v) is 10.6. The third-order valence-electron chi connectivity index (χ3n) is 8.25. The number of nitrogens with two attached hydrogens (primary N) is 1. The monoisotopic (exact) mass is 518 g/mol. The van der Waals surface area contributed by atoms with Crippen molar-refractivity contribution in [3.63, 3.8) is 0 Å². The minimum absolute atomic E-state index is 0.00800. The number of nitrogens with zero attached hydrogens (tertiary/aromatic N) is 1. The Hall–Kier alpha value is -3.82. The predicted octanol–water partition coefficient (Wildman–Crippen LogP) is 1.46. The zero-order valence-corrected chi connectivity index (χ0v) is 21.4. The number of hydrogen-bond acceptors (Lipinski definition) is 8. The predicted molar refractivity (Wildman–Crippen MR) is 136 cm³/mol. The zero-order valence-electron chi connectivity index (χ0n) is 21.4. The molecule has 2 aromatic carbocycles. The molecule has 5 rings (SSSR count). The van der Waals surface area contributed by atoms with Crippen molar-refractivity contribution >= 4 is 23.3 Å². The normalized spacial score (nSPS) is 28.6. The smallest absolute Gasteiger partial charge is 0.255 e. The minimum Gasteiger partial charge on any atom is -0.507 e. The zero-order chi connectivity index (χ0) is 27.5. The average molecular weight is 519 g/mol. The standard InChI is InChI=1S/C29H30N2O7/c1-14-9-10-19(32)21-17(14)11-16-12-18-23(31(2)3)25(38-13-15-7-5-4-6-8-15)22(28(30)36)27(35)29(18,37)26(34)20(16)24(21)33/h4-10,16,18,20,23,32,37H,11-13H2,1-3H3,(H2,30,36). The number of Topliss-reactive ketones (excluding diaryl/α,β-unsaturated/α-hetero) is 3. The van der Waals surface area contributed by atoms with E-state index < -0.39 is 58.2 Å². The first-order chi connectivity index (χ1) is 18.0. The van der Waals surface area contributed by atoms with Crippen molar-refractivity contribution in [1.29, 1.82) is 0 Å². The van der Waals surface area contributed by atoms with Gasteiger partial charge in [-0.05, 0) is 62.5 Å². The molecular formula is C29H30N2O7. The van der Waals surface area contributed by atoms with Gasteiger partial charge in [-0.25, -0.2) is 0 Å². The van der Waals surface area contributed by atoms with Crippen LogP contribution in [0.3, 0.4) is 0 Å². The molecule has 1 amide bonds. The Balaban J connectivity index is 1.63. The molecule has 5 atom stereocenters. The highest BCUT2D eigenvalue weighted by Gasteiger charge is 2.67. The number of phenolic OH excluding ortho intramolecular Hbond substituents is 1. The number of ketones is 3. The van der Waals surface area contributed by atoms with E-state index in [4.69, 9.17) is 10.5 Å². The van der Waals surface area contributed by atoms with Crippen molar-refractivity contribution in [1.82, 2.24) is 4.90 Å². The first-order valence-corrected chi connectivity index (χ1v) is 12.5. The van der Waals surface area contributed by atoms with E-state index in [0.29, 0.717) is 12.0 Å². The summed E-state index contributed by atoms with van der Waals surface area (Å²) >= 11 is 0. The summed E-state index contributed by atoms with van der Waals surface area (Å²) < 4.78 is 6.06. The number of likely N-dealkylation sites (N-methyl/N-ethyl adjacent to an activating group) is 1. The summed E-state index contributed by atoms with van der Waals surface area (Å²) in [5.41, 5.74) is 4.71. The lowest BCUT2D eigenvalue weighted by atomic mass is 9.54. The van der Waals surface area contributed by atoms with Crippen LogP contribution in [0.25, 0.3) is 0 Å². The van der Waals surface area contributed by atoms with E-state index in [2.05, 4.69) is 0 Å². The number of benzene rings is 2. The number of fused-ring (bicyclic) bond motifs is 3. The molecule has 5 unspecified atom stereocenters. The van der Waals surface area contributed by atoms with Gasteiger partial charge in [0, 0.05) is 5.92 Å². The topological polar surface area (TPSA) is 147 Å². The molecule has 198 valence electrons. The van der Waals surface area contributed by atoms with Crippen LogP contribution in [-0.2, 0) is 32.1 Å². The van der Waals surface area contributed by atoms with Gasteiger partial charge in [0.05, 0.1) is 17.5 Å². The Morgan fingerprint density at radius 1 is 1.13 bits per heavy atom. The lowest BCUT2D eigenvalue weighted by Gasteiger charge is -2.52. The van der Waals surface area contributed by atoms with Crippen LogP contribution < -0.4 is 5.73 Å². The SMILES string of the molecule is Cc1ccc(O)c2c1CC1CC3C(N(C)C)C(OCc4ccccc4)=C(C(N)=O)C(=O)C3(O)C(=O)C1C2=O. The van der Waals surface area contributed by atoms with Gasteiger partial charge in [-0.1, -0.05) is 36.4 Å². The van der Waals surface area contributed by atoms with Gasteiger partial charge in [0.1, 0.15) is 23.7 Å². The Kier molecular flexibility index (Phi) is 6.24. The Morgan fingerprint density at radius 3 is 2.45 bits per heavy atom. The van der Waals surface area contributed by atoms with Gasteiger partial charge in [-0.2, -0.15) is 0 Å². The molecule has 3 aliphatic rings. The maximum atomic E-state index is 14.0. The first kappa shape index (κ1) is 25.8. The number of phenols is 1. The van der Waals surface area contributed by atoms with E-state index in [1.165, 1.54) is 6.07 Å². The molecule has 0 saturated heterocycles. The summed E-state index contributed by atoms with van der Waals surface area (Å²) in [5.74, 6) is -6.92. The number of hydrogen-bond donors (Lipinski definition) is 3. The van der Waals surface area contributed by atoms with Crippen molar-refractivity contribution in [3.8, 4) is 5.75 Å². The second kappa shape index (κ2) is 9.18. The van der Waals surface area contributed by atoms with Crippen LogP contribution >= 0.6 is 0 Å². The molecule has 38 heavy (non-hydrogen) atoms. The summed E-state index contributed by atoms with van der Waals surface area (Å²) in [7, 11) is 3.40. The van der Waals surface area contributed by atoms with E-state index in [9.17, 15) is 29.4 Å². The fourth-order valence-corrected chi connectivity index (χ4v) is 6.49. The molecular weight excluding hydrogens is 488 g/mol.